The maximum atomic E-state index is 10.8. The lowest BCUT2D eigenvalue weighted by Gasteiger charge is -2.07. The molecule has 0 spiro atoms. The molecule has 13 heavy (non-hydrogen) atoms. The minimum Gasteiger partial charge on any atom is -0.490 e. The van der Waals surface area contributed by atoms with E-state index in [-0.39, 0.29) is 0 Å². The average molecular weight is 184 g/mol. The summed E-state index contributed by atoms with van der Waals surface area (Å²) in [4.78, 5) is 10.8. The van der Waals surface area contributed by atoms with Crippen molar-refractivity contribution in [2.75, 3.05) is 13.2 Å². The standard InChI is InChI=1S/C9H12O4/c1-3-11-7-5-9(10)13-6-8(7)12-4-2/h5-6H,3-4H2,1-2H3. The second-order valence-electron chi connectivity index (χ2n) is 2.29. The lowest BCUT2D eigenvalue weighted by Crippen LogP contribution is -2.03. The van der Waals surface area contributed by atoms with E-state index in [4.69, 9.17) is 9.47 Å². The van der Waals surface area contributed by atoms with E-state index in [0.717, 1.165) is 0 Å². The molecule has 72 valence electrons. The molecule has 0 fully saturated rings. The van der Waals surface area contributed by atoms with Crippen LogP contribution in [0.2, 0.25) is 0 Å². The molecule has 0 aliphatic rings. The van der Waals surface area contributed by atoms with Gasteiger partial charge in [-0.3, -0.25) is 0 Å². The summed E-state index contributed by atoms with van der Waals surface area (Å²) in [5.74, 6) is 0.893. The molecule has 1 aromatic rings. The van der Waals surface area contributed by atoms with Gasteiger partial charge in [0.05, 0.1) is 19.3 Å². The molecular formula is C9H12O4. The molecule has 0 amide bonds. The number of ether oxygens (including phenoxy) is 2. The van der Waals surface area contributed by atoms with Gasteiger partial charge in [0.1, 0.15) is 6.26 Å². The van der Waals surface area contributed by atoms with Crippen molar-refractivity contribution in [3.63, 3.8) is 0 Å². The van der Waals surface area contributed by atoms with Crippen LogP contribution in [0.25, 0.3) is 0 Å². The van der Waals surface area contributed by atoms with Crippen LogP contribution in [-0.4, -0.2) is 13.2 Å². The summed E-state index contributed by atoms with van der Waals surface area (Å²) < 4.78 is 15.0. The quantitative estimate of drug-likeness (QED) is 0.710. The topological polar surface area (TPSA) is 48.7 Å². The summed E-state index contributed by atoms with van der Waals surface area (Å²) in [5, 5.41) is 0. The third-order valence-electron chi connectivity index (χ3n) is 1.37. The van der Waals surface area contributed by atoms with Gasteiger partial charge in [-0.15, -0.1) is 0 Å². The van der Waals surface area contributed by atoms with Crippen molar-refractivity contribution < 1.29 is 13.9 Å². The van der Waals surface area contributed by atoms with Gasteiger partial charge in [-0.25, -0.2) is 4.79 Å². The van der Waals surface area contributed by atoms with Gasteiger partial charge in [-0.05, 0) is 13.8 Å². The molecule has 0 aromatic carbocycles. The van der Waals surface area contributed by atoms with E-state index in [1.807, 2.05) is 13.8 Å². The van der Waals surface area contributed by atoms with Crippen LogP contribution in [0, 0.1) is 0 Å². The van der Waals surface area contributed by atoms with Crippen molar-refractivity contribution in [1.29, 1.82) is 0 Å². The zero-order valence-corrected chi connectivity index (χ0v) is 7.70. The van der Waals surface area contributed by atoms with Gasteiger partial charge < -0.3 is 13.9 Å². The maximum absolute atomic E-state index is 10.8. The average Bonchev–Trinajstić information content (AvgIpc) is 2.10. The molecule has 0 radical (unpaired) electrons. The largest absolute Gasteiger partial charge is 0.490 e. The Bertz CT molecular complexity index is 316. The molecule has 1 rings (SSSR count). The Balaban J connectivity index is 2.96. The fourth-order valence-corrected chi connectivity index (χ4v) is 0.911. The summed E-state index contributed by atoms with van der Waals surface area (Å²) in [6.07, 6.45) is 1.26. The van der Waals surface area contributed by atoms with Crippen LogP contribution in [0.1, 0.15) is 13.8 Å². The smallest absolute Gasteiger partial charge is 0.339 e. The zero-order valence-electron chi connectivity index (χ0n) is 7.70. The zero-order chi connectivity index (χ0) is 9.68. The first-order valence-electron chi connectivity index (χ1n) is 4.16. The summed E-state index contributed by atoms with van der Waals surface area (Å²) in [6.45, 7) is 4.68. The van der Waals surface area contributed by atoms with E-state index in [2.05, 4.69) is 4.42 Å². The lowest BCUT2D eigenvalue weighted by atomic mass is 10.4. The van der Waals surface area contributed by atoms with Crippen molar-refractivity contribution >= 4 is 0 Å². The first kappa shape index (κ1) is 9.64. The minimum absolute atomic E-state index is 0.431. The predicted octanol–water partition coefficient (Wildman–Crippen LogP) is 1.44. The molecular weight excluding hydrogens is 172 g/mol. The molecule has 0 N–H and O–H groups in total. The first-order chi connectivity index (χ1) is 6.27. The maximum Gasteiger partial charge on any atom is 0.339 e. The van der Waals surface area contributed by atoms with Crippen LogP contribution in [0.15, 0.2) is 21.5 Å². The van der Waals surface area contributed by atoms with Crippen molar-refractivity contribution in [2.24, 2.45) is 0 Å². The molecule has 0 unspecified atom stereocenters. The molecule has 0 bridgehead atoms. The van der Waals surface area contributed by atoms with E-state index >= 15 is 0 Å². The minimum atomic E-state index is -0.438. The third-order valence-corrected chi connectivity index (χ3v) is 1.37. The van der Waals surface area contributed by atoms with Gasteiger partial charge in [0.25, 0.3) is 0 Å². The summed E-state index contributed by atoms with van der Waals surface area (Å²) >= 11 is 0. The highest BCUT2D eigenvalue weighted by molar-refractivity contribution is 5.35. The van der Waals surface area contributed by atoms with Crippen LogP contribution in [0.3, 0.4) is 0 Å². The van der Waals surface area contributed by atoms with Crippen LogP contribution in [0.4, 0.5) is 0 Å². The van der Waals surface area contributed by atoms with Gasteiger partial charge in [0.15, 0.2) is 11.5 Å². The Kier molecular flexibility index (Phi) is 3.37. The number of rotatable bonds is 4. The van der Waals surface area contributed by atoms with Gasteiger partial charge in [-0.1, -0.05) is 0 Å². The van der Waals surface area contributed by atoms with Crippen molar-refractivity contribution in [2.45, 2.75) is 13.8 Å². The van der Waals surface area contributed by atoms with E-state index in [0.29, 0.717) is 24.7 Å². The molecule has 1 heterocycles. The van der Waals surface area contributed by atoms with Crippen LogP contribution in [-0.2, 0) is 0 Å². The van der Waals surface area contributed by atoms with Gasteiger partial charge >= 0.3 is 5.63 Å². The molecule has 0 saturated heterocycles. The Morgan fingerprint density at radius 3 is 2.46 bits per heavy atom. The Labute approximate surface area is 76.1 Å². The Morgan fingerprint density at radius 1 is 1.23 bits per heavy atom. The van der Waals surface area contributed by atoms with Crippen LogP contribution in [0.5, 0.6) is 11.5 Å². The fourth-order valence-electron chi connectivity index (χ4n) is 0.911. The fraction of sp³-hybridized carbons (Fsp3) is 0.444. The Hall–Kier alpha value is -1.45. The Morgan fingerprint density at radius 2 is 1.85 bits per heavy atom. The summed E-state index contributed by atoms with van der Waals surface area (Å²) in [7, 11) is 0. The third kappa shape index (κ3) is 2.50. The van der Waals surface area contributed by atoms with E-state index in [9.17, 15) is 4.79 Å². The lowest BCUT2D eigenvalue weighted by molar-refractivity contribution is 0.274. The van der Waals surface area contributed by atoms with Crippen LogP contribution < -0.4 is 15.1 Å². The molecule has 4 heteroatoms. The van der Waals surface area contributed by atoms with Crippen molar-refractivity contribution in [3.05, 3.63) is 22.7 Å². The SMILES string of the molecule is CCOc1coc(=O)cc1OCC. The molecule has 0 atom stereocenters. The normalized spacial score (nSPS) is 9.69. The van der Waals surface area contributed by atoms with E-state index in [1.165, 1.54) is 12.3 Å². The predicted molar refractivity (Wildman–Crippen MR) is 47.3 cm³/mol. The summed E-state index contributed by atoms with van der Waals surface area (Å²) in [6, 6.07) is 1.27. The van der Waals surface area contributed by atoms with Gasteiger partial charge in [0, 0.05) is 0 Å². The van der Waals surface area contributed by atoms with Crippen molar-refractivity contribution in [1.82, 2.24) is 0 Å². The molecule has 0 aliphatic carbocycles. The van der Waals surface area contributed by atoms with Gasteiger partial charge in [0.2, 0.25) is 0 Å². The number of hydrogen-bond acceptors (Lipinski definition) is 4. The summed E-state index contributed by atoms with van der Waals surface area (Å²) in [5.41, 5.74) is -0.438. The highest BCUT2D eigenvalue weighted by atomic mass is 16.5. The second kappa shape index (κ2) is 4.54. The highest BCUT2D eigenvalue weighted by Crippen LogP contribution is 2.24. The molecule has 4 nitrogen and oxygen atoms in total. The number of hydrogen-bond donors (Lipinski definition) is 0. The molecule has 0 saturated carbocycles. The second-order valence-corrected chi connectivity index (χ2v) is 2.29. The van der Waals surface area contributed by atoms with Crippen LogP contribution >= 0.6 is 0 Å². The molecule has 1 aromatic heterocycles. The van der Waals surface area contributed by atoms with E-state index in [1.54, 1.807) is 0 Å². The first-order valence-corrected chi connectivity index (χ1v) is 4.16. The van der Waals surface area contributed by atoms with E-state index < -0.39 is 5.63 Å². The highest BCUT2D eigenvalue weighted by Gasteiger charge is 2.05. The molecule has 0 aliphatic heterocycles. The van der Waals surface area contributed by atoms with Gasteiger partial charge in [-0.2, -0.15) is 0 Å². The monoisotopic (exact) mass is 184 g/mol. The van der Waals surface area contributed by atoms with Crippen molar-refractivity contribution in [3.8, 4) is 11.5 Å².